The normalized spacial score (nSPS) is 31.1. The van der Waals surface area contributed by atoms with Crippen molar-refractivity contribution in [2.75, 3.05) is 20.2 Å². The summed E-state index contributed by atoms with van der Waals surface area (Å²) in [6.45, 7) is 7.08. The molecule has 2 saturated carbocycles. The summed E-state index contributed by atoms with van der Waals surface area (Å²) in [7, 11) is 1.61. The molecule has 2 amide bonds. The number of alkyl carbamates (subject to hydrolysis) is 1. The molecule has 1 aromatic rings. The van der Waals surface area contributed by atoms with Crippen molar-refractivity contribution in [3.05, 3.63) is 29.8 Å². The van der Waals surface area contributed by atoms with Crippen LogP contribution in [0.15, 0.2) is 24.3 Å². The lowest BCUT2D eigenvalue weighted by Crippen LogP contribution is -2.46. The Labute approximate surface area is 160 Å². The minimum atomic E-state index is -0.505. The molecule has 0 spiro atoms. The molecular weight excluding hydrogens is 344 g/mol. The van der Waals surface area contributed by atoms with E-state index in [1.165, 1.54) is 0 Å². The molecule has 1 heterocycles. The van der Waals surface area contributed by atoms with Gasteiger partial charge in [0, 0.05) is 24.6 Å². The van der Waals surface area contributed by atoms with Gasteiger partial charge in [0.05, 0.1) is 12.6 Å². The van der Waals surface area contributed by atoms with Gasteiger partial charge in [-0.25, -0.2) is 4.79 Å². The Morgan fingerprint density at radius 2 is 1.89 bits per heavy atom. The largest absolute Gasteiger partial charge is 0.497 e. The van der Waals surface area contributed by atoms with E-state index in [0.717, 1.165) is 25.1 Å². The number of nitrogens with zero attached hydrogens (tertiary/aromatic N) is 1. The van der Waals surface area contributed by atoms with Crippen LogP contribution in [0.2, 0.25) is 0 Å². The second-order valence-corrected chi connectivity index (χ2v) is 9.11. The van der Waals surface area contributed by atoms with E-state index in [4.69, 9.17) is 9.47 Å². The SMILES string of the molecule is COc1ccc(C(=O)N2CC3CC4C[C@]4(NC(=O)OC(C)(C)C)C3C2)cc1. The fraction of sp³-hybridized carbons (Fsp3) is 0.619. The highest BCUT2D eigenvalue weighted by Gasteiger charge is 2.69. The smallest absolute Gasteiger partial charge is 0.408 e. The lowest BCUT2D eigenvalue weighted by Gasteiger charge is -2.27. The molecule has 3 unspecified atom stereocenters. The second kappa shape index (κ2) is 6.14. The van der Waals surface area contributed by atoms with Crippen molar-refractivity contribution in [1.29, 1.82) is 0 Å². The topological polar surface area (TPSA) is 67.9 Å². The van der Waals surface area contributed by atoms with E-state index in [9.17, 15) is 9.59 Å². The van der Waals surface area contributed by atoms with E-state index in [1.54, 1.807) is 7.11 Å². The molecule has 3 fully saturated rings. The minimum absolute atomic E-state index is 0.0525. The molecule has 1 aliphatic heterocycles. The lowest BCUT2D eigenvalue weighted by molar-refractivity contribution is 0.0474. The molecule has 0 bridgehead atoms. The molecule has 0 aromatic heterocycles. The maximum Gasteiger partial charge on any atom is 0.408 e. The van der Waals surface area contributed by atoms with Crippen LogP contribution in [0.1, 0.15) is 44.0 Å². The van der Waals surface area contributed by atoms with Crippen molar-refractivity contribution in [3.8, 4) is 5.75 Å². The third-order valence-corrected chi connectivity index (χ3v) is 6.20. The van der Waals surface area contributed by atoms with Crippen LogP contribution in [0.4, 0.5) is 4.79 Å². The Hall–Kier alpha value is -2.24. The molecule has 2 aliphatic carbocycles. The van der Waals surface area contributed by atoms with Crippen molar-refractivity contribution < 1.29 is 19.1 Å². The summed E-state index contributed by atoms with van der Waals surface area (Å²) in [6, 6.07) is 7.24. The molecule has 4 atom stereocenters. The van der Waals surface area contributed by atoms with E-state index < -0.39 is 5.60 Å². The van der Waals surface area contributed by atoms with Crippen LogP contribution < -0.4 is 10.1 Å². The molecular formula is C21H28N2O4. The summed E-state index contributed by atoms with van der Waals surface area (Å²) < 4.78 is 10.6. The van der Waals surface area contributed by atoms with Crippen molar-refractivity contribution in [3.63, 3.8) is 0 Å². The van der Waals surface area contributed by atoms with Crippen molar-refractivity contribution in [2.24, 2.45) is 17.8 Å². The quantitative estimate of drug-likeness (QED) is 0.885. The molecule has 6 heteroatoms. The van der Waals surface area contributed by atoms with Crippen molar-refractivity contribution in [2.45, 2.75) is 44.8 Å². The molecule has 1 aromatic carbocycles. The lowest BCUT2D eigenvalue weighted by atomic mass is 9.91. The van der Waals surface area contributed by atoms with Gasteiger partial charge in [-0.2, -0.15) is 0 Å². The zero-order chi connectivity index (χ0) is 19.4. The third-order valence-electron chi connectivity index (χ3n) is 6.20. The summed E-state index contributed by atoms with van der Waals surface area (Å²) in [5.41, 5.74) is -0.00541. The van der Waals surface area contributed by atoms with Gasteiger partial charge in [0.25, 0.3) is 5.91 Å². The van der Waals surface area contributed by atoms with Gasteiger partial charge in [0.15, 0.2) is 0 Å². The number of nitrogens with one attached hydrogen (secondary N) is 1. The van der Waals surface area contributed by atoms with Gasteiger partial charge in [0.2, 0.25) is 0 Å². The van der Waals surface area contributed by atoms with Crippen LogP contribution in [-0.2, 0) is 4.74 Å². The molecule has 0 radical (unpaired) electrons. The molecule has 6 nitrogen and oxygen atoms in total. The highest BCUT2D eigenvalue weighted by Crippen LogP contribution is 2.63. The Morgan fingerprint density at radius 3 is 2.52 bits per heavy atom. The first-order chi connectivity index (χ1) is 12.7. The first kappa shape index (κ1) is 18.1. The van der Waals surface area contributed by atoms with Gasteiger partial charge < -0.3 is 19.7 Å². The van der Waals surface area contributed by atoms with E-state index in [1.807, 2.05) is 49.9 Å². The number of hydrogen-bond acceptors (Lipinski definition) is 4. The zero-order valence-electron chi connectivity index (χ0n) is 16.5. The predicted octanol–water partition coefficient (Wildman–Crippen LogP) is 3.07. The van der Waals surface area contributed by atoms with Crippen LogP contribution in [-0.4, -0.2) is 48.2 Å². The summed E-state index contributed by atoms with van der Waals surface area (Å²) in [5, 5.41) is 3.16. The molecule has 4 rings (SSSR count). The number of methoxy groups -OCH3 is 1. The van der Waals surface area contributed by atoms with E-state index in [0.29, 0.717) is 29.9 Å². The van der Waals surface area contributed by atoms with Gasteiger partial charge >= 0.3 is 6.09 Å². The van der Waals surface area contributed by atoms with Crippen LogP contribution in [0, 0.1) is 17.8 Å². The third kappa shape index (κ3) is 3.26. The number of fused-ring (bicyclic) bond motifs is 3. The van der Waals surface area contributed by atoms with Crippen molar-refractivity contribution in [1.82, 2.24) is 10.2 Å². The molecule has 27 heavy (non-hydrogen) atoms. The average Bonchev–Trinajstić information content (AvgIpc) is 2.98. The first-order valence-corrected chi connectivity index (χ1v) is 9.66. The average molecular weight is 372 g/mol. The highest BCUT2D eigenvalue weighted by molar-refractivity contribution is 5.94. The fourth-order valence-electron chi connectivity index (χ4n) is 4.98. The zero-order valence-corrected chi connectivity index (χ0v) is 16.5. The Bertz CT molecular complexity index is 754. The first-order valence-electron chi connectivity index (χ1n) is 9.66. The summed E-state index contributed by atoms with van der Waals surface area (Å²) in [5.74, 6) is 2.10. The van der Waals surface area contributed by atoms with Gasteiger partial charge in [0.1, 0.15) is 11.4 Å². The predicted molar refractivity (Wildman–Crippen MR) is 101 cm³/mol. The van der Waals surface area contributed by atoms with Gasteiger partial charge in [-0.3, -0.25) is 4.79 Å². The Kier molecular flexibility index (Phi) is 4.13. The number of rotatable bonds is 3. The van der Waals surface area contributed by atoms with Crippen LogP contribution in [0.5, 0.6) is 5.75 Å². The van der Waals surface area contributed by atoms with Crippen LogP contribution in [0.3, 0.4) is 0 Å². The fourth-order valence-corrected chi connectivity index (χ4v) is 4.98. The summed E-state index contributed by atoms with van der Waals surface area (Å²) in [6.07, 6.45) is 1.73. The maximum absolute atomic E-state index is 12.9. The molecule has 146 valence electrons. The van der Waals surface area contributed by atoms with Gasteiger partial charge in [-0.05, 0) is 69.7 Å². The standard InChI is InChI=1S/C21H28N2O4/c1-20(2,3)27-19(25)22-21-10-15(21)9-14-11-23(12-17(14)21)18(24)13-5-7-16(26-4)8-6-13/h5-8,14-15,17H,9-12H2,1-4H3,(H,22,25)/t14?,15?,17?,21-/m1/s1. The molecule has 3 aliphatic rings. The summed E-state index contributed by atoms with van der Waals surface area (Å²) in [4.78, 5) is 27.1. The monoisotopic (exact) mass is 372 g/mol. The number of likely N-dealkylation sites (tertiary alicyclic amines) is 1. The van der Waals surface area contributed by atoms with Crippen molar-refractivity contribution >= 4 is 12.0 Å². The minimum Gasteiger partial charge on any atom is -0.497 e. The van der Waals surface area contributed by atoms with E-state index >= 15 is 0 Å². The number of benzene rings is 1. The number of carbonyl (C=O) groups excluding carboxylic acids is 2. The van der Waals surface area contributed by atoms with E-state index in [2.05, 4.69) is 5.32 Å². The van der Waals surface area contributed by atoms with E-state index in [-0.39, 0.29) is 17.5 Å². The molecule has 1 saturated heterocycles. The summed E-state index contributed by atoms with van der Waals surface area (Å²) >= 11 is 0. The number of ether oxygens (including phenoxy) is 2. The maximum atomic E-state index is 12.9. The number of hydrogen-bond donors (Lipinski definition) is 1. The number of carbonyl (C=O) groups is 2. The second-order valence-electron chi connectivity index (χ2n) is 9.11. The Balaban J connectivity index is 1.42. The molecule has 1 N–H and O–H groups in total. The van der Waals surface area contributed by atoms with Crippen LogP contribution >= 0.6 is 0 Å². The van der Waals surface area contributed by atoms with Gasteiger partial charge in [-0.15, -0.1) is 0 Å². The Morgan fingerprint density at radius 1 is 1.19 bits per heavy atom. The van der Waals surface area contributed by atoms with Crippen LogP contribution in [0.25, 0.3) is 0 Å². The van der Waals surface area contributed by atoms with Gasteiger partial charge in [-0.1, -0.05) is 0 Å². The number of amides is 2. The highest BCUT2D eigenvalue weighted by atomic mass is 16.6.